The summed E-state index contributed by atoms with van der Waals surface area (Å²) in [7, 11) is 0. The Labute approximate surface area is 108 Å². The molecular weight excluding hydrogens is 228 g/mol. The van der Waals surface area contributed by atoms with Gasteiger partial charge in [0.2, 0.25) is 0 Å². The number of carboxylic acids is 1. The number of rotatable bonds is 8. The van der Waals surface area contributed by atoms with Crippen LogP contribution < -0.4 is 0 Å². The minimum atomic E-state index is -0.935. The van der Waals surface area contributed by atoms with Gasteiger partial charge in [0.15, 0.2) is 0 Å². The molecular formula is C15H22O3. The molecule has 0 aliphatic heterocycles. The Kier molecular flexibility index (Phi) is 6.44. The Morgan fingerprint density at radius 1 is 1.11 bits per heavy atom. The fourth-order valence-corrected chi connectivity index (χ4v) is 1.96. The third-order valence-corrected chi connectivity index (χ3v) is 3.12. The third kappa shape index (κ3) is 4.88. The van der Waals surface area contributed by atoms with Gasteiger partial charge in [0, 0.05) is 0 Å². The van der Waals surface area contributed by atoms with Crippen LogP contribution in [-0.2, 0) is 0 Å². The van der Waals surface area contributed by atoms with Gasteiger partial charge < -0.3 is 10.2 Å². The van der Waals surface area contributed by atoms with E-state index in [2.05, 4.69) is 6.92 Å². The van der Waals surface area contributed by atoms with Gasteiger partial charge >= 0.3 is 5.97 Å². The third-order valence-electron chi connectivity index (χ3n) is 3.12. The smallest absolute Gasteiger partial charge is 0.335 e. The molecule has 2 N–H and O–H groups in total. The monoisotopic (exact) mass is 250 g/mol. The maximum atomic E-state index is 10.7. The minimum absolute atomic E-state index is 0.258. The van der Waals surface area contributed by atoms with Crippen molar-refractivity contribution in [2.75, 3.05) is 0 Å². The molecule has 0 bridgehead atoms. The zero-order valence-electron chi connectivity index (χ0n) is 10.9. The van der Waals surface area contributed by atoms with Crippen LogP contribution in [0.1, 0.15) is 67.5 Å². The Bertz CT molecular complexity index is 357. The van der Waals surface area contributed by atoms with Gasteiger partial charge in [0.1, 0.15) is 0 Å². The topological polar surface area (TPSA) is 57.5 Å². The van der Waals surface area contributed by atoms with Crippen LogP contribution in [0.5, 0.6) is 0 Å². The normalized spacial score (nSPS) is 12.3. The zero-order chi connectivity index (χ0) is 13.4. The first-order valence-corrected chi connectivity index (χ1v) is 6.66. The number of benzene rings is 1. The number of aromatic carboxylic acids is 1. The first kappa shape index (κ1) is 14.7. The standard InChI is InChI=1S/C15H22O3/c1-2-3-4-5-6-7-14(16)12-8-10-13(11-9-12)15(17)18/h8-11,14,16H,2-7H2,1H3,(H,17,18). The molecule has 3 nitrogen and oxygen atoms in total. The summed E-state index contributed by atoms with van der Waals surface area (Å²) in [6, 6.07) is 6.47. The summed E-state index contributed by atoms with van der Waals surface area (Å²) in [5.41, 5.74) is 1.06. The number of carboxylic acid groups (broad SMARTS) is 1. The molecule has 1 aromatic rings. The zero-order valence-corrected chi connectivity index (χ0v) is 10.9. The Hall–Kier alpha value is -1.35. The van der Waals surface area contributed by atoms with Crippen LogP contribution >= 0.6 is 0 Å². The second kappa shape index (κ2) is 7.88. The van der Waals surface area contributed by atoms with Crippen molar-refractivity contribution < 1.29 is 15.0 Å². The Morgan fingerprint density at radius 2 is 1.72 bits per heavy atom. The van der Waals surface area contributed by atoms with Crippen LogP contribution in [-0.4, -0.2) is 16.2 Å². The number of carbonyl (C=O) groups is 1. The Morgan fingerprint density at radius 3 is 2.28 bits per heavy atom. The molecule has 18 heavy (non-hydrogen) atoms. The van der Waals surface area contributed by atoms with E-state index in [-0.39, 0.29) is 5.56 Å². The predicted molar refractivity (Wildman–Crippen MR) is 71.7 cm³/mol. The second-order valence-corrected chi connectivity index (χ2v) is 4.65. The molecule has 0 saturated carbocycles. The van der Waals surface area contributed by atoms with Crippen LogP contribution in [0.3, 0.4) is 0 Å². The van der Waals surface area contributed by atoms with Crippen molar-refractivity contribution >= 4 is 5.97 Å². The van der Waals surface area contributed by atoms with E-state index < -0.39 is 12.1 Å². The Balaban J connectivity index is 2.37. The molecule has 100 valence electrons. The molecule has 3 heteroatoms. The molecule has 0 aliphatic rings. The number of aliphatic hydroxyl groups is 1. The molecule has 1 aromatic carbocycles. The van der Waals surface area contributed by atoms with Gasteiger partial charge in [-0.2, -0.15) is 0 Å². The van der Waals surface area contributed by atoms with E-state index in [1.807, 2.05) is 0 Å². The fraction of sp³-hybridized carbons (Fsp3) is 0.533. The molecule has 0 radical (unpaired) electrons. The lowest BCUT2D eigenvalue weighted by atomic mass is 10.0. The highest BCUT2D eigenvalue weighted by molar-refractivity contribution is 5.87. The van der Waals surface area contributed by atoms with Gasteiger partial charge in [-0.25, -0.2) is 4.79 Å². The maximum absolute atomic E-state index is 10.7. The number of hydrogen-bond acceptors (Lipinski definition) is 2. The lowest BCUT2D eigenvalue weighted by molar-refractivity contribution is 0.0696. The molecule has 1 atom stereocenters. The molecule has 1 unspecified atom stereocenters. The maximum Gasteiger partial charge on any atom is 0.335 e. The van der Waals surface area contributed by atoms with Gasteiger partial charge in [0.25, 0.3) is 0 Å². The van der Waals surface area contributed by atoms with E-state index in [0.29, 0.717) is 0 Å². The van der Waals surface area contributed by atoms with Crippen LogP contribution in [0.4, 0.5) is 0 Å². The summed E-state index contributed by atoms with van der Waals surface area (Å²) in [5, 5.41) is 18.7. The van der Waals surface area contributed by atoms with E-state index in [1.165, 1.54) is 31.4 Å². The number of aliphatic hydroxyl groups excluding tert-OH is 1. The van der Waals surface area contributed by atoms with Gasteiger partial charge in [-0.3, -0.25) is 0 Å². The summed E-state index contributed by atoms with van der Waals surface area (Å²) < 4.78 is 0. The van der Waals surface area contributed by atoms with Crippen LogP contribution in [0, 0.1) is 0 Å². The lowest BCUT2D eigenvalue weighted by Crippen LogP contribution is -2.00. The molecule has 1 rings (SSSR count). The van der Waals surface area contributed by atoms with Gasteiger partial charge in [-0.1, -0.05) is 51.2 Å². The van der Waals surface area contributed by atoms with Crippen LogP contribution in [0.2, 0.25) is 0 Å². The molecule has 0 aromatic heterocycles. The van der Waals surface area contributed by atoms with Crippen molar-refractivity contribution in [2.45, 2.75) is 51.6 Å². The van der Waals surface area contributed by atoms with E-state index in [1.54, 1.807) is 12.1 Å². The van der Waals surface area contributed by atoms with Gasteiger partial charge in [-0.15, -0.1) is 0 Å². The highest BCUT2D eigenvalue weighted by Gasteiger charge is 2.08. The van der Waals surface area contributed by atoms with E-state index in [4.69, 9.17) is 5.11 Å². The summed E-state index contributed by atoms with van der Waals surface area (Å²) in [6.45, 7) is 2.18. The van der Waals surface area contributed by atoms with Crippen molar-refractivity contribution in [3.63, 3.8) is 0 Å². The second-order valence-electron chi connectivity index (χ2n) is 4.65. The van der Waals surface area contributed by atoms with E-state index in [0.717, 1.165) is 24.8 Å². The van der Waals surface area contributed by atoms with Crippen LogP contribution in [0.25, 0.3) is 0 Å². The first-order chi connectivity index (χ1) is 8.65. The molecule has 0 amide bonds. The van der Waals surface area contributed by atoms with Crippen molar-refractivity contribution in [1.29, 1.82) is 0 Å². The van der Waals surface area contributed by atoms with Crippen molar-refractivity contribution in [3.8, 4) is 0 Å². The summed E-state index contributed by atoms with van der Waals surface area (Å²) >= 11 is 0. The summed E-state index contributed by atoms with van der Waals surface area (Å²) in [5.74, 6) is -0.935. The summed E-state index contributed by atoms with van der Waals surface area (Å²) in [6.07, 6.45) is 6.13. The average molecular weight is 250 g/mol. The van der Waals surface area contributed by atoms with E-state index in [9.17, 15) is 9.90 Å². The van der Waals surface area contributed by atoms with Gasteiger partial charge in [-0.05, 0) is 24.1 Å². The fourth-order valence-electron chi connectivity index (χ4n) is 1.96. The number of hydrogen-bond donors (Lipinski definition) is 2. The van der Waals surface area contributed by atoms with Gasteiger partial charge in [0.05, 0.1) is 11.7 Å². The van der Waals surface area contributed by atoms with E-state index >= 15 is 0 Å². The molecule has 0 aliphatic carbocycles. The highest BCUT2D eigenvalue weighted by atomic mass is 16.4. The average Bonchev–Trinajstić information content (AvgIpc) is 2.38. The SMILES string of the molecule is CCCCCCCC(O)c1ccc(C(=O)O)cc1. The largest absolute Gasteiger partial charge is 0.478 e. The lowest BCUT2D eigenvalue weighted by Gasteiger charge is -2.11. The molecule has 0 heterocycles. The molecule has 0 spiro atoms. The summed E-state index contributed by atoms with van der Waals surface area (Å²) in [4.78, 5) is 10.7. The first-order valence-electron chi connectivity index (χ1n) is 6.66. The highest BCUT2D eigenvalue weighted by Crippen LogP contribution is 2.20. The quantitative estimate of drug-likeness (QED) is 0.690. The van der Waals surface area contributed by atoms with Crippen LogP contribution in [0.15, 0.2) is 24.3 Å². The van der Waals surface area contributed by atoms with Crippen molar-refractivity contribution in [2.24, 2.45) is 0 Å². The minimum Gasteiger partial charge on any atom is -0.478 e. The molecule has 0 saturated heterocycles. The van der Waals surface area contributed by atoms with Crippen molar-refractivity contribution in [3.05, 3.63) is 35.4 Å². The number of unbranched alkanes of at least 4 members (excludes halogenated alkanes) is 4. The molecule has 0 fully saturated rings. The van der Waals surface area contributed by atoms with Crippen molar-refractivity contribution in [1.82, 2.24) is 0 Å². The predicted octanol–water partition coefficient (Wildman–Crippen LogP) is 3.78.